The van der Waals surface area contributed by atoms with Crippen LogP contribution in [0.5, 0.6) is 0 Å². The molecule has 0 radical (unpaired) electrons. The van der Waals surface area contributed by atoms with E-state index < -0.39 is 11.4 Å². The fourth-order valence-corrected chi connectivity index (χ4v) is 2.41. The Hall–Kier alpha value is -1.30. The van der Waals surface area contributed by atoms with E-state index in [0.717, 1.165) is 16.7 Å². The molecule has 1 unspecified atom stereocenters. The third-order valence-corrected chi connectivity index (χ3v) is 4.42. The molecule has 1 aromatic heterocycles. The average Bonchev–Trinajstić information content (AvgIpc) is 2.82. The number of hydrogen-bond acceptors (Lipinski definition) is 3. The maximum absolute atomic E-state index is 12.0. The molecule has 0 aliphatic rings. The fourth-order valence-electron chi connectivity index (χ4n) is 1.71. The van der Waals surface area contributed by atoms with Crippen LogP contribution in [0.15, 0.2) is 35.0 Å². The fraction of sp³-hybridized carbons (Fsp3) is 0.333. The molecule has 21 heavy (non-hydrogen) atoms. The third kappa shape index (κ3) is 4.09. The lowest BCUT2D eigenvalue weighted by molar-refractivity contribution is 0.562. The highest BCUT2D eigenvalue weighted by atomic mass is 35.5. The second kappa shape index (κ2) is 6.22. The summed E-state index contributed by atoms with van der Waals surface area (Å²) in [6.07, 6.45) is 5.31. The van der Waals surface area contributed by atoms with Crippen LogP contribution >= 0.6 is 11.6 Å². The largest absolute Gasteiger partial charge is 0.591 e. The zero-order valence-corrected chi connectivity index (χ0v) is 14.1. The summed E-state index contributed by atoms with van der Waals surface area (Å²) < 4.78 is 17.5. The van der Waals surface area contributed by atoms with Gasteiger partial charge in [-0.1, -0.05) is 22.1 Å². The summed E-state index contributed by atoms with van der Waals surface area (Å²) in [5.41, 5.74) is 2.73. The van der Waals surface area contributed by atoms with E-state index in [9.17, 15) is 4.55 Å². The van der Waals surface area contributed by atoms with Crippen LogP contribution in [0.1, 0.15) is 26.3 Å². The van der Waals surface area contributed by atoms with E-state index in [1.807, 2.05) is 46.1 Å². The molecule has 4 nitrogen and oxygen atoms in total. The van der Waals surface area contributed by atoms with E-state index in [4.69, 9.17) is 11.6 Å². The van der Waals surface area contributed by atoms with Gasteiger partial charge in [0.1, 0.15) is 16.1 Å². The minimum absolute atomic E-state index is 0.378. The Kier molecular flexibility index (Phi) is 4.76. The Morgan fingerprint density at radius 3 is 2.67 bits per heavy atom. The second-order valence-electron chi connectivity index (χ2n) is 5.73. The molecule has 1 aromatic carbocycles. The Labute approximate surface area is 133 Å². The Bertz CT molecular complexity index is 661. The van der Waals surface area contributed by atoms with Crippen molar-refractivity contribution in [1.29, 1.82) is 0 Å². The van der Waals surface area contributed by atoms with Crippen LogP contribution in [0.25, 0.3) is 11.1 Å². The molecule has 0 N–H and O–H groups in total. The van der Waals surface area contributed by atoms with E-state index in [-0.39, 0.29) is 4.75 Å². The molecule has 0 amide bonds. The number of benzene rings is 1. The van der Waals surface area contributed by atoms with Crippen molar-refractivity contribution in [2.75, 3.05) is 0 Å². The molecule has 0 aliphatic heterocycles. The molecule has 0 spiro atoms. The first-order chi connectivity index (χ1) is 9.77. The van der Waals surface area contributed by atoms with Gasteiger partial charge in [-0.25, -0.2) is 0 Å². The first-order valence-electron chi connectivity index (χ1n) is 6.52. The van der Waals surface area contributed by atoms with Crippen molar-refractivity contribution in [2.45, 2.75) is 25.5 Å². The Morgan fingerprint density at radius 2 is 2.10 bits per heavy atom. The maximum atomic E-state index is 12.0. The number of aryl methyl sites for hydroxylation is 1. The molecular weight excluding hydrogens is 306 g/mol. The van der Waals surface area contributed by atoms with E-state index in [1.54, 1.807) is 23.2 Å². The van der Waals surface area contributed by atoms with Crippen molar-refractivity contribution in [3.8, 4) is 11.1 Å². The highest BCUT2D eigenvalue weighted by molar-refractivity contribution is 7.91. The molecule has 0 aliphatic carbocycles. The van der Waals surface area contributed by atoms with E-state index in [0.29, 0.717) is 5.02 Å². The van der Waals surface area contributed by atoms with Crippen molar-refractivity contribution in [3.63, 3.8) is 0 Å². The van der Waals surface area contributed by atoms with E-state index >= 15 is 0 Å². The molecule has 0 saturated carbocycles. The van der Waals surface area contributed by atoms with Gasteiger partial charge in [0.15, 0.2) is 0 Å². The van der Waals surface area contributed by atoms with Crippen LogP contribution in [0, 0.1) is 0 Å². The van der Waals surface area contributed by atoms with Crippen molar-refractivity contribution < 1.29 is 4.55 Å². The van der Waals surface area contributed by atoms with Crippen molar-refractivity contribution >= 4 is 29.2 Å². The molecular formula is C15H18ClN3OS. The Morgan fingerprint density at radius 1 is 1.38 bits per heavy atom. The predicted molar refractivity (Wildman–Crippen MR) is 89.1 cm³/mol. The second-order valence-corrected chi connectivity index (χ2v) is 8.10. The van der Waals surface area contributed by atoms with Gasteiger partial charge in [-0.3, -0.25) is 4.68 Å². The van der Waals surface area contributed by atoms with Gasteiger partial charge in [0.25, 0.3) is 0 Å². The minimum Gasteiger partial charge on any atom is -0.591 e. The van der Waals surface area contributed by atoms with E-state index in [2.05, 4.69) is 9.50 Å². The van der Waals surface area contributed by atoms with Crippen LogP contribution in [0.4, 0.5) is 0 Å². The van der Waals surface area contributed by atoms with Gasteiger partial charge in [-0.2, -0.15) is 5.10 Å². The van der Waals surface area contributed by atoms with Crippen LogP contribution in [0.2, 0.25) is 5.02 Å². The summed E-state index contributed by atoms with van der Waals surface area (Å²) in [6.45, 7) is 5.68. The molecule has 2 rings (SSSR count). The zero-order chi connectivity index (χ0) is 15.6. The molecule has 0 fully saturated rings. The average molecular weight is 324 g/mol. The zero-order valence-electron chi connectivity index (χ0n) is 12.5. The normalized spacial score (nSPS) is 13.8. The highest BCUT2D eigenvalue weighted by Crippen LogP contribution is 2.26. The highest BCUT2D eigenvalue weighted by Gasteiger charge is 2.25. The summed E-state index contributed by atoms with van der Waals surface area (Å²) in [6, 6.07) is 5.52. The topological polar surface area (TPSA) is 53.2 Å². The first kappa shape index (κ1) is 16.1. The van der Waals surface area contributed by atoms with Crippen molar-refractivity contribution in [2.24, 2.45) is 11.4 Å². The number of halogens is 1. The lowest BCUT2D eigenvalue weighted by Gasteiger charge is -2.17. The van der Waals surface area contributed by atoms with Crippen LogP contribution in [0.3, 0.4) is 0 Å². The number of aromatic nitrogens is 2. The molecule has 0 saturated heterocycles. The standard InChI is InChI=1S/C15H18ClN3OS/c1-15(2,3)21(20)18-9-11-5-6-13(16)7-14(11)12-8-17-19(4)10-12/h5-10H,1-4H3. The van der Waals surface area contributed by atoms with Gasteiger partial charge in [0.05, 0.1) is 12.4 Å². The van der Waals surface area contributed by atoms with Crippen molar-refractivity contribution in [1.82, 2.24) is 9.78 Å². The molecule has 1 atom stereocenters. The summed E-state index contributed by atoms with van der Waals surface area (Å²) in [7, 11) is 1.86. The van der Waals surface area contributed by atoms with Gasteiger partial charge in [-0.15, -0.1) is 0 Å². The third-order valence-electron chi connectivity index (χ3n) is 2.84. The van der Waals surface area contributed by atoms with Gasteiger partial charge >= 0.3 is 0 Å². The van der Waals surface area contributed by atoms with Gasteiger partial charge in [0, 0.05) is 29.4 Å². The summed E-state index contributed by atoms with van der Waals surface area (Å²) >= 11 is 4.79. The maximum Gasteiger partial charge on any atom is 0.144 e. The summed E-state index contributed by atoms with van der Waals surface area (Å²) in [4.78, 5) is 0. The smallest absolute Gasteiger partial charge is 0.144 e. The van der Waals surface area contributed by atoms with Crippen LogP contribution in [-0.2, 0) is 18.4 Å². The summed E-state index contributed by atoms with van der Waals surface area (Å²) in [5.74, 6) is 0. The van der Waals surface area contributed by atoms with Crippen molar-refractivity contribution in [3.05, 3.63) is 41.2 Å². The summed E-state index contributed by atoms with van der Waals surface area (Å²) in [5, 5.41) is 4.81. The minimum atomic E-state index is -1.29. The van der Waals surface area contributed by atoms with Gasteiger partial charge < -0.3 is 4.55 Å². The molecule has 0 bridgehead atoms. The number of nitrogens with zero attached hydrogens (tertiary/aromatic N) is 3. The predicted octanol–water partition coefficient (Wildman–Crippen LogP) is 3.62. The SMILES string of the molecule is Cn1cc(-c2cc(Cl)ccc2C=N[S+]([O-])C(C)(C)C)cn1. The van der Waals surface area contributed by atoms with Crippen LogP contribution in [-0.4, -0.2) is 25.3 Å². The quantitative estimate of drug-likeness (QED) is 0.640. The van der Waals surface area contributed by atoms with Gasteiger partial charge in [-0.05, 0) is 38.5 Å². The lowest BCUT2D eigenvalue weighted by Crippen LogP contribution is -2.25. The monoisotopic (exact) mass is 323 g/mol. The molecule has 1 heterocycles. The number of hydrogen-bond donors (Lipinski definition) is 0. The molecule has 2 aromatic rings. The lowest BCUT2D eigenvalue weighted by atomic mass is 10.0. The Balaban J connectivity index is 2.38. The molecule has 6 heteroatoms. The van der Waals surface area contributed by atoms with Gasteiger partial charge in [0.2, 0.25) is 0 Å². The first-order valence-corrected chi connectivity index (χ1v) is 8.00. The van der Waals surface area contributed by atoms with Crippen LogP contribution < -0.4 is 0 Å². The van der Waals surface area contributed by atoms with E-state index in [1.165, 1.54) is 0 Å². The molecule has 112 valence electrons. The number of rotatable bonds is 3.